The maximum Gasteiger partial charge on any atom is 0.162 e. The SMILES string of the molecule is CCN(Cc1ccc(CCN2CCCCCCC2)cc1)c1cc(OC)c(OC)cc1C1CCc2cc(O)ccc2C1. The molecule has 1 fully saturated rings. The summed E-state index contributed by atoms with van der Waals surface area (Å²) in [5.74, 6) is 2.28. The van der Waals surface area contributed by atoms with Crippen LogP contribution in [0.4, 0.5) is 5.69 Å². The Hall–Kier alpha value is -3.18. The van der Waals surface area contributed by atoms with Crippen molar-refractivity contribution in [3.8, 4) is 17.2 Å². The van der Waals surface area contributed by atoms with Crippen LogP contribution in [-0.4, -0.2) is 50.4 Å². The molecule has 1 saturated heterocycles. The molecule has 1 aliphatic heterocycles. The summed E-state index contributed by atoms with van der Waals surface area (Å²) < 4.78 is 11.5. The Bertz CT molecular complexity index is 1260. The first-order chi connectivity index (χ1) is 20.1. The van der Waals surface area contributed by atoms with Crippen LogP contribution < -0.4 is 14.4 Å². The molecule has 220 valence electrons. The number of likely N-dealkylation sites (tertiary alicyclic amines) is 1. The van der Waals surface area contributed by atoms with Gasteiger partial charge in [-0.25, -0.2) is 0 Å². The van der Waals surface area contributed by atoms with Crippen LogP contribution in [0.3, 0.4) is 0 Å². The number of nitrogens with zero attached hydrogens (tertiary/aromatic N) is 2. The number of anilines is 1. The number of rotatable bonds is 10. The number of phenolic OH excluding ortho intramolecular Hbond substituents is 1. The van der Waals surface area contributed by atoms with Gasteiger partial charge in [0.15, 0.2) is 11.5 Å². The molecule has 0 aromatic heterocycles. The van der Waals surface area contributed by atoms with Crippen LogP contribution in [0.25, 0.3) is 0 Å². The molecular formula is C36H48N2O3. The average Bonchev–Trinajstić information content (AvgIpc) is 2.99. The van der Waals surface area contributed by atoms with Gasteiger partial charge in [-0.05, 0) is 110 Å². The third-order valence-corrected chi connectivity index (χ3v) is 9.18. The van der Waals surface area contributed by atoms with Crippen molar-refractivity contribution in [2.75, 3.05) is 45.3 Å². The van der Waals surface area contributed by atoms with E-state index >= 15 is 0 Å². The van der Waals surface area contributed by atoms with E-state index in [0.29, 0.717) is 11.7 Å². The van der Waals surface area contributed by atoms with Gasteiger partial charge in [0.05, 0.1) is 14.2 Å². The topological polar surface area (TPSA) is 45.2 Å². The molecule has 5 nitrogen and oxygen atoms in total. The average molecular weight is 557 g/mol. The van der Waals surface area contributed by atoms with Gasteiger partial charge in [0.1, 0.15) is 5.75 Å². The van der Waals surface area contributed by atoms with E-state index in [4.69, 9.17) is 9.47 Å². The maximum absolute atomic E-state index is 9.97. The van der Waals surface area contributed by atoms with Gasteiger partial charge in [-0.1, -0.05) is 49.6 Å². The lowest BCUT2D eigenvalue weighted by Gasteiger charge is -2.32. The number of benzene rings is 3. The first-order valence-electron chi connectivity index (χ1n) is 15.7. The number of fused-ring (bicyclic) bond motifs is 1. The van der Waals surface area contributed by atoms with Crippen LogP contribution >= 0.6 is 0 Å². The zero-order valence-electron chi connectivity index (χ0n) is 25.3. The smallest absolute Gasteiger partial charge is 0.162 e. The quantitative estimate of drug-likeness (QED) is 0.280. The minimum atomic E-state index is 0.356. The Morgan fingerprint density at radius 2 is 1.51 bits per heavy atom. The van der Waals surface area contributed by atoms with E-state index in [0.717, 1.165) is 50.3 Å². The van der Waals surface area contributed by atoms with Gasteiger partial charge in [0, 0.05) is 31.4 Å². The van der Waals surface area contributed by atoms with Gasteiger partial charge in [-0.2, -0.15) is 0 Å². The van der Waals surface area contributed by atoms with E-state index in [1.54, 1.807) is 14.2 Å². The number of hydrogen-bond acceptors (Lipinski definition) is 5. The summed E-state index contributed by atoms with van der Waals surface area (Å²) in [6.45, 7) is 7.66. The standard InChI is InChI=1S/C36H48N2O3/c1-4-38(26-28-12-10-27(11-13-28)18-21-37-19-8-6-5-7-9-20-37)34-25-36(41-3)35(40-2)24-33(34)31-15-14-30-23-32(39)17-16-29(30)22-31/h10-13,16-17,23-25,31,39H,4-9,14-15,18-22,26H2,1-3H3. The Labute approximate surface area is 247 Å². The molecule has 1 heterocycles. The lowest BCUT2D eigenvalue weighted by Crippen LogP contribution is -2.29. The molecule has 3 aromatic carbocycles. The molecule has 1 N–H and O–H groups in total. The molecule has 2 aliphatic rings. The number of hydrogen-bond donors (Lipinski definition) is 1. The van der Waals surface area contributed by atoms with Crippen LogP contribution in [0, 0.1) is 0 Å². The van der Waals surface area contributed by atoms with Gasteiger partial charge in [-0.3, -0.25) is 0 Å². The fourth-order valence-corrected chi connectivity index (χ4v) is 6.71. The van der Waals surface area contributed by atoms with E-state index in [2.05, 4.69) is 59.2 Å². The number of aryl methyl sites for hydroxylation is 1. The first kappa shape index (κ1) is 29.3. The fourth-order valence-electron chi connectivity index (χ4n) is 6.71. The molecule has 3 aromatic rings. The van der Waals surface area contributed by atoms with E-state index in [1.807, 2.05) is 12.1 Å². The van der Waals surface area contributed by atoms with Crippen molar-refractivity contribution in [2.24, 2.45) is 0 Å². The molecule has 0 spiro atoms. The Kier molecular flexibility index (Phi) is 10.1. The first-order valence-corrected chi connectivity index (χ1v) is 15.7. The number of ether oxygens (including phenoxy) is 2. The molecule has 0 radical (unpaired) electrons. The maximum atomic E-state index is 9.97. The van der Waals surface area contributed by atoms with Gasteiger partial charge in [-0.15, -0.1) is 0 Å². The minimum Gasteiger partial charge on any atom is -0.508 e. The monoisotopic (exact) mass is 556 g/mol. The molecule has 1 unspecified atom stereocenters. The molecule has 0 bridgehead atoms. The van der Waals surface area contributed by atoms with Crippen molar-refractivity contribution in [2.45, 2.75) is 77.2 Å². The highest BCUT2D eigenvalue weighted by atomic mass is 16.5. The van der Waals surface area contributed by atoms with Crippen LogP contribution in [0.15, 0.2) is 54.6 Å². The third-order valence-electron chi connectivity index (χ3n) is 9.18. The highest BCUT2D eigenvalue weighted by Gasteiger charge is 2.26. The molecule has 5 heteroatoms. The summed E-state index contributed by atoms with van der Waals surface area (Å²) in [5, 5.41) is 9.97. The summed E-state index contributed by atoms with van der Waals surface area (Å²) in [7, 11) is 3.43. The predicted octanol–water partition coefficient (Wildman–Crippen LogP) is 7.52. The van der Waals surface area contributed by atoms with Crippen molar-refractivity contribution < 1.29 is 14.6 Å². The van der Waals surface area contributed by atoms with E-state index < -0.39 is 0 Å². The van der Waals surface area contributed by atoms with Gasteiger partial charge in [0.25, 0.3) is 0 Å². The van der Waals surface area contributed by atoms with Crippen molar-refractivity contribution in [1.82, 2.24) is 4.90 Å². The summed E-state index contributed by atoms with van der Waals surface area (Å²) in [6.07, 6.45) is 11.0. The summed E-state index contributed by atoms with van der Waals surface area (Å²) in [6, 6.07) is 19.5. The van der Waals surface area contributed by atoms with Gasteiger partial charge < -0.3 is 24.4 Å². The highest BCUT2D eigenvalue weighted by molar-refractivity contribution is 5.64. The van der Waals surface area contributed by atoms with Gasteiger partial charge >= 0.3 is 0 Å². The Balaban J connectivity index is 1.33. The molecule has 41 heavy (non-hydrogen) atoms. The number of methoxy groups -OCH3 is 2. The lowest BCUT2D eigenvalue weighted by molar-refractivity contribution is 0.250. The summed E-state index contributed by atoms with van der Waals surface area (Å²) in [4.78, 5) is 5.13. The minimum absolute atomic E-state index is 0.356. The Morgan fingerprint density at radius 1 is 0.829 bits per heavy atom. The fraction of sp³-hybridized carbons (Fsp3) is 0.500. The number of aromatic hydroxyl groups is 1. The van der Waals surface area contributed by atoms with Crippen LogP contribution in [-0.2, 0) is 25.8 Å². The van der Waals surface area contributed by atoms with E-state index in [9.17, 15) is 5.11 Å². The highest BCUT2D eigenvalue weighted by Crippen LogP contribution is 2.43. The van der Waals surface area contributed by atoms with E-state index in [-0.39, 0.29) is 0 Å². The lowest BCUT2D eigenvalue weighted by atomic mass is 9.79. The third kappa shape index (κ3) is 7.37. The largest absolute Gasteiger partial charge is 0.508 e. The van der Waals surface area contributed by atoms with Gasteiger partial charge in [0.2, 0.25) is 0 Å². The van der Waals surface area contributed by atoms with Crippen LogP contribution in [0.5, 0.6) is 17.2 Å². The van der Waals surface area contributed by atoms with Crippen molar-refractivity contribution in [3.63, 3.8) is 0 Å². The Morgan fingerprint density at radius 3 is 2.22 bits per heavy atom. The molecular weight excluding hydrogens is 508 g/mol. The molecule has 5 rings (SSSR count). The predicted molar refractivity (Wildman–Crippen MR) is 169 cm³/mol. The number of phenols is 1. The second-order valence-corrected chi connectivity index (χ2v) is 11.8. The molecule has 0 saturated carbocycles. The normalized spacial score (nSPS) is 17.8. The van der Waals surface area contributed by atoms with Crippen molar-refractivity contribution >= 4 is 5.69 Å². The second kappa shape index (κ2) is 14.1. The zero-order valence-corrected chi connectivity index (χ0v) is 25.3. The summed E-state index contributed by atoms with van der Waals surface area (Å²) >= 11 is 0. The second-order valence-electron chi connectivity index (χ2n) is 11.8. The van der Waals surface area contributed by atoms with Crippen molar-refractivity contribution in [3.05, 3.63) is 82.4 Å². The molecule has 1 aliphatic carbocycles. The zero-order chi connectivity index (χ0) is 28.6. The van der Waals surface area contributed by atoms with Crippen LogP contribution in [0.1, 0.15) is 79.2 Å². The molecule has 1 atom stereocenters. The summed E-state index contributed by atoms with van der Waals surface area (Å²) in [5.41, 5.74) is 7.88. The van der Waals surface area contributed by atoms with Crippen molar-refractivity contribution in [1.29, 1.82) is 0 Å². The molecule has 0 amide bonds. The van der Waals surface area contributed by atoms with Crippen LogP contribution in [0.2, 0.25) is 0 Å². The van der Waals surface area contributed by atoms with E-state index in [1.165, 1.54) is 85.2 Å².